The smallest absolute Gasteiger partial charge is 0.127 e. The quantitative estimate of drug-likeness (QED) is 0.566. The van der Waals surface area contributed by atoms with E-state index in [4.69, 9.17) is 9.57 Å². The zero-order valence-corrected chi connectivity index (χ0v) is 6.91. The molecular formula is C8H13NO2. The van der Waals surface area contributed by atoms with Crippen molar-refractivity contribution in [3.05, 3.63) is 0 Å². The summed E-state index contributed by atoms with van der Waals surface area (Å²) in [6.45, 7) is 5.74. The Balaban J connectivity index is 2.11. The lowest BCUT2D eigenvalue weighted by Crippen LogP contribution is -2.26. The summed E-state index contributed by atoms with van der Waals surface area (Å²) in [4.78, 5) is 5.00. The van der Waals surface area contributed by atoms with E-state index in [1.54, 1.807) is 0 Å². The third-order valence-corrected chi connectivity index (χ3v) is 2.34. The van der Waals surface area contributed by atoms with E-state index < -0.39 is 0 Å². The van der Waals surface area contributed by atoms with Gasteiger partial charge in [-0.15, -0.1) is 0 Å². The first-order chi connectivity index (χ1) is 5.29. The molecule has 0 spiro atoms. The van der Waals surface area contributed by atoms with Gasteiger partial charge in [-0.2, -0.15) is 0 Å². The Labute approximate surface area is 66.4 Å². The van der Waals surface area contributed by atoms with Gasteiger partial charge in [0, 0.05) is 0 Å². The van der Waals surface area contributed by atoms with Crippen molar-refractivity contribution >= 4 is 5.71 Å². The van der Waals surface area contributed by atoms with E-state index in [-0.39, 0.29) is 0 Å². The van der Waals surface area contributed by atoms with Crippen LogP contribution in [0.2, 0.25) is 0 Å². The molecule has 62 valence electrons. The molecule has 3 heteroatoms. The van der Waals surface area contributed by atoms with Crippen LogP contribution in [0, 0.1) is 11.8 Å². The molecular weight excluding hydrogens is 142 g/mol. The Morgan fingerprint density at radius 1 is 1.55 bits per heavy atom. The third-order valence-electron chi connectivity index (χ3n) is 2.34. The van der Waals surface area contributed by atoms with Gasteiger partial charge in [-0.1, -0.05) is 19.0 Å². The van der Waals surface area contributed by atoms with Crippen molar-refractivity contribution in [1.29, 1.82) is 0 Å². The normalized spacial score (nSPS) is 35.4. The van der Waals surface area contributed by atoms with E-state index in [0.717, 1.165) is 12.3 Å². The zero-order chi connectivity index (χ0) is 7.84. The van der Waals surface area contributed by atoms with Gasteiger partial charge in [0.15, 0.2) is 0 Å². The van der Waals surface area contributed by atoms with Crippen LogP contribution in [0.1, 0.15) is 13.8 Å². The molecule has 3 nitrogen and oxygen atoms in total. The van der Waals surface area contributed by atoms with Crippen LogP contribution in [0.3, 0.4) is 0 Å². The standard InChI is InChI=1S/C8H13NO2/c1-5(2)8-6-3-11-9-7(6)4-10-8/h5-6,8H,3-4H2,1-2H3/t6-,8+/m1/s1. The lowest BCUT2D eigenvalue weighted by atomic mass is 9.93. The topological polar surface area (TPSA) is 30.8 Å². The van der Waals surface area contributed by atoms with Gasteiger partial charge in [0.25, 0.3) is 0 Å². The molecule has 2 aliphatic rings. The van der Waals surface area contributed by atoms with Crippen LogP contribution >= 0.6 is 0 Å². The summed E-state index contributed by atoms with van der Waals surface area (Å²) < 4.78 is 5.57. The molecule has 0 aromatic rings. The first kappa shape index (κ1) is 7.10. The minimum Gasteiger partial charge on any atom is -0.395 e. The fourth-order valence-electron chi connectivity index (χ4n) is 1.74. The molecule has 2 heterocycles. The van der Waals surface area contributed by atoms with E-state index in [2.05, 4.69) is 19.0 Å². The maximum absolute atomic E-state index is 5.57. The van der Waals surface area contributed by atoms with Gasteiger partial charge in [0.1, 0.15) is 6.61 Å². The molecule has 1 saturated heterocycles. The summed E-state index contributed by atoms with van der Waals surface area (Å²) in [5.41, 5.74) is 1.10. The predicted octanol–water partition coefficient (Wildman–Crippen LogP) is 1.04. The number of nitrogens with zero attached hydrogens (tertiary/aromatic N) is 1. The molecule has 0 saturated carbocycles. The maximum atomic E-state index is 5.57. The largest absolute Gasteiger partial charge is 0.395 e. The fraction of sp³-hybridized carbons (Fsp3) is 0.875. The molecule has 2 aliphatic heterocycles. The van der Waals surface area contributed by atoms with E-state index in [1.165, 1.54) is 0 Å². The van der Waals surface area contributed by atoms with E-state index in [9.17, 15) is 0 Å². The van der Waals surface area contributed by atoms with Gasteiger partial charge in [0.05, 0.1) is 24.3 Å². The summed E-state index contributed by atoms with van der Waals surface area (Å²) >= 11 is 0. The molecule has 0 aromatic carbocycles. The second kappa shape index (κ2) is 2.48. The minimum atomic E-state index is 0.330. The van der Waals surface area contributed by atoms with Crippen molar-refractivity contribution < 1.29 is 9.57 Å². The molecule has 2 atom stereocenters. The highest BCUT2D eigenvalue weighted by atomic mass is 16.6. The first-order valence-electron chi connectivity index (χ1n) is 4.09. The molecule has 0 aliphatic carbocycles. The predicted molar refractivity (Wildman–Crippen MR) is 41.5 cm³/mol. The second-order valence-electron chi connectivity index (χ2n) is 3.50. The van der Waals surface area contributed by atoms with E-state index in [1.807, 2.05) is 0 Å². The number of hydrogen-bond donors (Lipinski definition) is 0. The lowest BCUT2D eigenvalue weighted by molar-refractivity contribution is 0.0244. The van der Waals surface area contributed by atoms with Crippen LogP contribution in [0.25, 0.3) is 0 Å². The van der Waals surface area contributed by atoms with Crippen LogP contribution in [0.5, 0.6) is 0 Å². The Kier molecular flexibility index (Phi) is 1.60. The molecule has 2 rings (SSSR count). The highest BCUT2D eigenvalue weighted by molar-refractivity contribution is 5.90. The summed E-state index contributed by atoms with van der Waals surface area (Å²) in [5.74, 6) is 1.00. The van der Waals surface area contributed by atoms with Crippen molar-refractivity contribution in [3.63, 3.8) is 0 Å². The van der Waals surface area contributed by atoms with Crippen LogP contribution in [-0.2, 0) is 9.57 Å². The molecule has 11 heavy (non-hydrogen) atoms. The van der Waals surface area contributed by atoms with Gasteiger partial charge < -0.3 is 9.57 Å². The SMILES string of the molecule is CC(C)[C@@H]1OCC2=NOC[C@H]21. The monoisotopic (exact) mass is 155 g/mol. The molecule has 0 aromatic heterocycles. The Hall–Kier alpha value is -0.570. The molecule has 0 N–H and O–H groups in total. The van der Waals surface area contributed by atoms with Gasteiger partial charge in [-0.3, -0.25) is 0 Å². The van der Waals surface area contributed by atoms with E-state index >= 15 is 0 Å². The summed E-state index contributed by atoms with van der Waals surface area (Å²) in [6, 6.07) is 0. The third kappa shape index (κ3) is 1.03. The van der Waals surface area contributed by atoms with E-state index in [0.29, 0.717) is 24.5 Å². The molecule has 0 bridgehead atoms. The average Bonchev–Trinajstić information content (AvgIpc) is 2.41. The van der Waals surface area contributed by atoms with Crippen LogP contribution in [0.4, 0.5) is 0 Å². The lowest BCUT2D eigenvalue weighted by Gasteiger charge is -2.17. The summed E-state index contributed by atoms with van der Waals surface area (Å²) in [5, 5.41) is 3.92. The number of ether oxygens (including phenoxy) is 1. The van der Waals surface area contributed by atoms with Crippen molar-refractivity contribution in [2.75, 3.05) is 13.2 Å². The Morgan fingerprint density at radius 3 is 3.09 bits per heavy atom. The van der Waals surface area contributed by atoms with Crippen molar-refractivity contribution in [1.82, 2.24) is 0 Å². The minimum absolute atomic E-state index is 0.330. The van der Waals surface area contributed by atoms with Gasteiger partial charge in [0.2, 0.25) is 0 Å². The van der Waals surface area contributed by atoms with Crippen molar-refractivity contribution in [2.45, 2.75) is 20.0 Å². The molecule has 1 fully saturated rings. The van der Waals surface area contributed by atoms with Crippen LogP contribution in [0.15, 0.2) is 5.16 Å². The molecule has 0 radical (unpaired) electrons. The van der Waals surface area contributed by atoms with Crippen molar-refractivity contribution in [3.8, 4) is 0 Å². The Morgan fingerprint density at radius 2 is 2.36 bits per heavy atom. The first-order valence-corrected chi connectivity index (χ1v) is 4.09. The highest BCUT2D eigenvalue weighted by Gasteiger charge is 2.39. The van der Waals surface area contributed by atoms with Gasteiger partial charge in [-0.25, -0.2) is 0 Å². The molecule has 0 unspecified atom stereocenters. The Bertz CT molecular complexity index is 189. The average molecular weight is 155 g/mol. The van der Waals surface area contributed by atoms with Gasteiger partial charge >= 0.3 is 0 Å². The van der Waals surface area contributed by atoms with Crippen LogP contribution in [-0.4, -0.2) is 25.0 Å². The summed E-state index contributed by atoms with van der Waals surface area (Å²) in [7, 11) is 0. The number of hydrogen-bond acceptors (Lipinski definition) is 3. The number of rotatable bonds is 1. The maximum Gasteiger partial charge on any atom is 0.127 e. The zero-order valence-electron chi connectivity index (χ0n) is 6.91. The number of fused-ring (bicyclic) bond motifs is 1. The fourth-order valence-corrected chi connectivity index (χ4v) is 1.74. The number of oxime groups is 1. The van der Waals surface area contributed by atoms with Crippen molar-refractivity contribution in [2.24, 2.45) is 17.0 Å². The highest BCUT2D eigenvalue weighted by Crippen LogP contribution is 2.28. The second-order valence-corrected chi connectivity index (χ2v) is 3.50. The molecule has 0 amide bonds. The van der Waals surface area contributed by atoms with Crippen LogP contribution < -0.4 is 0 Å². The van der Waals surface area contributed by atoms with Gasteiger partial charge in [-0.05, 0) is 5.92 Å². The summed E-state index contributed by atoms with van der Waals surface area (Å²) in [6.07, 6.45) is 0.330.